The van der Waals surface area contributed by atoms with E-state index in [-0.39, 0.29) is 23.6 Å². The van der Waals surface area contributed by atoms with E-state index >= 15 is 0 Å². The Bertz CT molecular complexity index is 545. The van der Waals surface area contributed by atoms with Crippen LogP contribution in [0, 0.1) is 0 Å². The van der Waals surface area contributed by atoms with E-state index in [1.807, 2.05) is 13.8 Å². The number of amides is 2. The SMILES string of the molecule is CCN(CC)C(=O)[C@@H]1C[C@H](N)CN1C(=O)c1ccc(Cl)cn1. The summed E-state index contributed by atoms with van der Waals surface area (Å²) in [5, 5.41) is 0.463. The predicted octanol–water partition coefficient (Wildman–Crippen LogP) is 1.15. The molecular formula is C15H21ClN4O2. The number of hydrogen-bond donors (Lipinski definition) is 1. The van der Waals surface area contributed by atoms with Gasteiger partial charge in [-0.2, -0.15) is 0 Å². The standard InChI is InChI=1S/C15H21ClN4O2/c1-3-19(4-2)15(22)13-7-11(17)9-20(13)14(21)12-6-5-10(16)8-18-12/h5-6,8,11,13H,3-4,7,9,17H2,1-2H3/t11-,13-/m0/s1. The second-order valence-corrected chi connectivity index (χ2v) is 5.78. The first-order valence-corrected chi connectivity index (χ1v) is 7.82. The molecule has 1 fully saturated rings. The second-order valence-electron chi connectivity index (χ2n) is 5.34. The van der Waals surface area contributed by atoms with Gasteiger partial charge in [-0.1, -0.05) is 11.6 Å². The van der Waals surface area contributed by atoms with Gasteiger partial charge in [-0.25, -0.2) is 4.98 Å². The summed E-state index contributed by atoms with van der Waals surface area (Å²) in [5.74, 6) is -0.338. The zero-order chi connectivity index (χ0) is 16.3. The van der Waals surface area contributed by atoms with Crippen LogP contribution in [0.3, 0.4) is 0 Å². The molecule has 1 aliphatic heterocycles. The molecule has 0 aromatic carbocycles. The van der Waals surface area contributed by atoms with Crippen molar-refractivity contribution >= 4 is 23.4 Å². The molecular weight excluding hydrogens is 304 g/mol. The van der Waals surface area contributed by atoms with Gasteiger partial charge in [-0.05, 0) is 32.4 Å². The highest BCUT2D eigenvalue weighted by Crippen LogP contribution is 2.21. The molecule has 7 heteroatoms. The van der Waals surface area contributed by atoms with Gasteiger partial charge in [0.25, 0.3) is 5.91 Å². The number of nitrogens with two attached hydrogens (primary N) is 1. The van der Waals surface area contributed by atoms with Gasteiger partial charge in [0.1, 0.15) is 11.7 Å². The number of carbonyl (C=O) groups excluding carboxylic acids is 2. The van der Waals surface area contributed by atoms with Crippen LogP contribution in [0.5, 0.6) is 0 Å². The van der Waals surface area contributed by atoms with Crippen molar-refractivity contribution in [3.05, 3.63) is 29.0 Å². The first-order valence-electron chi connectivity index (χ1n) is 7.44. The number of rotatable bonds is 4. The summed E-state index contributed by atoms with van der Waals surface area (Å²) in [5.41, 5.74) is 6.24. The Balaban J connectivity index is 2.21. The third-order valence-electron chi connectivity index (χ3n) is 3.90. The minimum absolute atomic E-state index is 0.0553. The molecule has 0 unspecified atom stereocenters. The lowest BCUT2D eigenvalue weighted by Crippen LogP contribution is -2.47. The Kier molecular flexibility index (Phi) is 5.37. The van der Waals surface area contributed by atoms with Crippen LogP contribution in [-0.2, 0) is 4.79 Å². The molecule has 0 radical (unpaired) electrons. The molecule has 2 amide bonds. The van der Waals surface area contributed by atoms with Crippen LogP contribution < -0.4 is 5.73 Å². The number of carbonyl (C=O) groups is 2. The minimum atomic E-state index is -0.514. The number of halogens is 1. The summed E-state index contributed by atoms with van der Waals surface area (Å²) in [7, 11) is 0. The Morgan fingerprint density at radius 1 is 1.41 bits per heavy atom. The number of likely N-dealkylation sites (N-methyl/N-ethyl adjacent to an activating group) is 1. The van der Waals surface area contributed by atoms with Crippen molar-refractivity contribution in [1.82, 2.24) is 14.8 Å². The van der Waals surface area contributed by atoms with E-state index in [9.17, 15) is 9.59 Å². The van der Waals surface area contributed by atoms with Crippen LogP contribution in [-0.4, -0.2) is 58.3 Å². The molecule has 0 saturated carbocycles. The second kappa shape index (κ2) is 7.07. The zero-order valence-electron chi connectivity index (χ0n) is 12.8. The number of pyridine rings is 1. The largest absolute Gasteiger partial charge is 0.341 e. The molecule has 2 atom stereocenters. The summed E-state index contributed by atoms with van der Waals surface area (Å²) in [4.78, 5) is 32.5. The van der Waals surface area contributed by atoms with E-state index in [1.54, 1.807) is 17.0 Å². The summed E-state index contributed by atoms with van der Waals surface area (Å²) < 4.78 is 0. The fraction of sp³-hybridized carbons (Fsp3) is 0.533. The Hall–Kier alpha value is -1.66. The summed E-state index contributed by atoms with van der Waals surface area (Å²) in [6.07, 6.45) is 1.90. The van der Waals surface area contributed by atoms with Crippen molar-refractivity contribution in [2.24, 2.45) is 5.73 Å². The van der Waals surface area contributed by atoms with E-state index in [0.29, 0.717) is 31.1 Å². The third-order valence-corrected chi connectivity index (χ3v) is 4.12. The van der Waals surface area contributed by atoms with Crippen molar-refractivity contribution in [2.45, 2.75) is 32.4 Å². The number of nitrogens with zero attached hydrogens (tertiary/aromatic N) is 3. The van der Waals surface area contributed by atoms with Gasteiger partial charge in [0.2, 0.25) is 5.91 Å². The molecule has 0 spiro atoms. The predicted molar refractivity (Wildman–Crippen MR) is 84.6 cm³/mol. The zero-order valence-corrected chi connectivity index (χ0v) is 13.6. The van der Waals surface area contributed by atoms with Crippen molar-refractivity contribution < 1.29 is 9.59 Å². The van der Waals surface area contributed by atoms with Gasteiger partial charge in [0, 0.05) is 31.9 Å². The highest BCUT2D eigenvalue weighted by atomic mass is 35.5. The maximum atomic E-state index is 12.6. The first kappa shape index (κ1) is 16.7. The van der Waals surface area contributed by atoms with Crippen LogP contribution in [0.25, 0.3) is 0 Å². The average molecular weight is 325 g/mol. The molecule has 22 heavy (non-hydrogen) atoms. The normalized spacial score (nSPS) is 21.0. The van der Waals surface area contributed by atoms with Crippen molar-refractivity contribution in [3.63, 3.8) is 0 Å². The maximum absolute atomic E-state index is 12.6. The summed E-state index contributed by atoms with van der Waals surface area (Å²) in [6.45, 7) is 5.43. The molecule has 1 aliphatic rings. The highest BCUT2D eigenvalue weighted by molar-refractivity contribution is 6.30. The van der Waals surface area contributed by atoms with Crippen molar-refractivity contribution in [3.8, 4) is 0 Å². The third kappa shape index (κ3) is 3.39. The summed E-state index contributed by atoms with van der Waals surface area (Å²) >= 11 is 5.79. The van der Waals surface area contributed by atoms with Crippen LogP contribution >= 0.6 is 11.6 Å². The molecule has 0 bridgehead atoms. The lowest BCUT2D eigenvalue weighted by atomic mass is 10.1. The van der Waals surface area contributed by atoms with Crippen LogP contribution in [0.15, 0.2) is 18.3 Å². The van der Waals surface area contributed by atoms with Gasteiger partial charge >= 0.3 is 0 Å². The lowest BCUT2D eigenvalue weighted by molar-refractivity contribution is -0.134. The van der Waals surface area contributed by atoms with Crippen molar-refractivity contribution in [2.75, 3.05) is 19.6 Å². The Morgan fingerprint density at radius 2 is 2.09 bits per heavy atom. The monoisotopic (exact) mass is 324 g/mol. The van der Waals surface area contributed by atoms with E-state index in [1.165, 1.54) is 11.1 Å². The van der Waals surface area contributed by atoms with Gasteiger partial charge in [0.05, 0.1) is 5.02 Å². The lowest BCUT2D eigenvalue weighted by Gasteiger charge is -2.28. The number of hydrogen-bond acceptors (Lipinski definition) is 4. The van der Waals surface area contributed by atoms with Crippen LogP contribution in [0.2, 0.25) is 5.02 Å². The van der Waals surface area contributed by atoms with Gasteiger partial charge in [0.15, 0.2) is 0 Å². The molecule has 2 N–H and O–H groups in total. The summed E-state index contributed by atoms with van der Waals surface area (Å²) in [6, 6.07) is 2.47. The fourth-order valence-electron chi connectivity index (χ4n) is 2.72. The first-order chi connectivity index (χ1) is 10.5. The van der Waals surface area contributed by atoms with E-state index in [4.69, 9.17) is 17.3 Å². The fourth-order valence-corrected chi connectivity index (χ4v) is 2.83. The highest BCUT2D eigenvalue weighted by Gasteiger charge is 2.40. The molecule has 6 nitrogen and oxygen atoms in total. The molecule has 2 rings (SSSR count). The molecule has 120 valence electrons. The van der Waals surface area contributed by atoms with Crippen LogP contribution in [0.1, 0.15) is 30.8 Å². The van der Waals surface area contributed by atoms with Crippen LogP contribution in [0.4, 0.5) is 0 Å². The van der Waals surface area contributed by atoms with E-state index in [2.05, 4.69) is 4.98 Å². The number of aromatic nitrogens is 1. The molecule has 1 aromatic rings. The van der Waals surface area contributed by atoms with E-state index in [0.717, 1.165) is 0 Å². The molecule has 0 aliphatic carbocycles. The Morgan fingerprint density at radius 3 is 2.64 bits per heavy atom. The smallest absolute Gasteiger partial charge is 0.273 e. The average Bonchev–Trinajstić information content (AvgIpc) is 2.90. The van der Waals surface area contributed by atoms with Gasteiger partial charge in [-0.3, -0.25) is 9.59 Å². The maximum Gasteiger partial charge on any atom is 0.273 e. The molecule has 2 heterocycles. The van der Waals surface area contributed by atoms with Crippen molar-refractivity contribution in [1.29, 1.82) is 0 Å². The number of likely N-dealkylation sites (tertiary alicyclic amines) is 1. The van der Waals surface area contributed by atoms with E-state index < -0.39 is 6.04 Å². The van der Waals surface area contributed by atoms with Gasteiger partial charge < -0.3 is 15.5 Å². The Labute approximate surface area is 135 Å². The minimum Gasteiger partial charge on any atom is -0.341 e. The topological polar surface area (TPSA) is 79.5 Å². The van der Waals surface area contributed by atoms with Gasteiger partial charge in [-0.15, -0.1) is 0 Å². The molecule has 1 saturated heterocycles. The molecule has 1 aromatic heterocycles. The quantitative estimate of drug-likeness (QED) is 0.901.